The summed E-state index contributed by atoms with van der Waals surface area (Å²) in [6, 6.07) is 0. The van der Waals surface area contributed by atoms with Crippen LogP contribution in [0.3, 0.4) is 0 Å². The van der Waals surface area contributed by atoms with Crippen LogP contribution >= 0.6 is 19.5 Å². The van der Waals surface area contributed by atoms with E-state index in [9.17, 15) is 9.36 Å². The van der Waals surface area contributed by atoms with Crippen LogP contribution in [0.2, 0.25) is 0 Å². The van der Waals surface area contributed by atoms with Crippen LogP contribution in [0, 0.1) is 0 Å². The molecule has 1 aliphatic heterocycles. The second kappa shape index (κ2) is 5.61. The average molecular weight is 315 g/mol. The lowest BCUT2D eigenvalue weighted by atomic mass is 10.2. The van der Waals surface area contributed by atoms with Gasteiger partial charge in [0.1, 0.15) is 25.1 Å². The number of hydrogen-bond acceptors (Lipinski definition) is 6. The lowest BCUT2D eigenvalue weighted by Crippen LogP contribution is -2.15. The van der Waals surface area contributed by atoms with Crippen LogP contribution in [0.4, 0.5) is 0 Å². The number of ether oxygens (including phenoxy) is 1. The summed E-state index contributed by atoms with van der Waals surface area (Å²) in [6.45, 7) is 0.232. The Kier molecular flexibility index (Phi) is 3.84. The van der Waals surface area contributed by atoms with Gasteiger partial charge in [0.25, 0.3) is 5.56 Å². The standard InChI is InChI=1S/C10H11N4O4PS/c15-10-8-9(11-4-12-10)14(5-13-8)7-2-1-6(18-7)3-17-19(16)20/h4-7H,1-3H2,(H-,11,12,15,16,20)/p+1/t6-,7+/m0/s1. The van der Waals surface area contributed by atoms with E-state index in [1.807, 2.05) is 0 Å². The van der Waals surface area contributed by atoms with Crippen LogP contribution in [0.15, 0.2) is 17.4 Å². The molecule has 1 aliphatic rings. The van der Waals surface area contributed by atoms with Gasteiger partial charge >= 0.3 is 7.23 Å². The Morgan fingerprint density at radius 3 is 3.20 bits per heavy atom. The molecule has 0 amide bonds. The van der Waals surface area contributed by atoms with E-state index in [1.165, 1.54) is 6.33 Å². The van der Waals surface area contributed by atoms with E-state index in [4.69, 9.17) is 9.26 Å². The topological polar surface area (TPSA) is 99.1 Å². The van der Waals surface area contributed by atoms with Crippen molar-refractivity contribution in [3.05, 3.63) is 23.0 Å². The van der Waals surface area contributed by atoms with E-state index in [-0.39, 0.29) is 30.0 Å². The van der Waals surface area contributed by atoms with Crippen LogP contribution in [0.25, 0.3) is 11.2 Å². The number of hydrogen-bond donors (Lipinski definition) is 2. The predicted molar refractivity (Wildman–Crippen MR) is 73.8 cm³/mol. The fourth-order valence-electron chi connectivity index (χ4n) is 2.23. The summed E-state index contributed by atoms with van der Waals surface area (Å²) < 4.78 is 23.3. The summed E-state index contributed by atoms with van der Waals surface area (Å²) >= 11 is 3.68. The lowest BCUT2D eigenvalue weighted by molar-refractivity contribution is -0.0142. The highest BCUT2D eigenvalue weighted by molar-refractivity contribution is 8.39. The Bertz CT molecular complexity index is 702. The van der Waals surface area contributed by atoms with Gasteiger partial charge in [0, 0.05) is 0 Å². The SMILES string of the molecule is O=c1[nH]cnc2c1ncn2[C@H]1CC[C@@H](CO[P+](=O)S)O1. The molecule has 0 aromatic carbocycles. The Morgan fingerprint density at radius 2 is 2.40 bits per heavy atom. The van der Waals surface area contributed by atoms with Crippen molar-refractivity contribution in [1.82, 2.24) is 19.5 Å². The van der Waals surface area contributed by atoms with Gasteiger partial charge in [0.15, 0.2) is 11.2 Å². The van der Waals surface area contributed by atoms with Gasteiger partial charge in [-0.05, 0) is 17.4 Å². The van der Waals surface area contributed by atoms with Crippen molar-refractivity contribution in [1.29, 1.82) is 0 Å². The smallest absolute Gasteiger partial charge is 0.352 e. The quantitative estimate of drug-likeness (QED) is 0.653. The average Bonchev–Trinajstić information content (AvgIpc) is 3.02. The maximum Gasteiger partial charge on any atom is 0.582 e. The van der Waals surface area contributed by atoms with E-state index < -0.39 is 7.23 Å². The van der Waals surface area contributed by atoms with E-state index in [2.05, 4.69) is 27.2 Å². The van der Waals surface area contributed by atoms with Crippen molar-refractivity contribution < 1.29 is 13.8 Å². The number of nitrogens with one attached hydrogen (secondary N) is 1. The Balaban J connectivity index is 1.78. The minimum atomic E-state index is -1.92. The third-order valence-corrected chi connectivity index (χ3v) is 3.85. The van der Waals surface area contributed by atoms with E-state index in [0.717, 1.165) is 12.8 Å². The zero-order valence-corrected chi connectivity index (χ0v) is 12.1. The number of nitrogens with zero attached hydrogens (tertiary/aromatic N) is 3. The molecule has 0 radical (unpaired) electrons. The number of thiol groups is 1. The molecule has 1 saturated heterocycles. The van der Waals surface area contributed by atoms with Gasteiger partial charge in [-0.1, -0.05) is 0 Å². The Labute approximate surface area is 119 Å². The molecule has 2 aromatic rings. The maximum absolute atomic E-state index is 11.6. The second-order valence-electron chi connectivity index (χ2n) is 4.38. The highest BCUT2D eigenvalue weighted by atomic mass is 32.7. The maximum atomic E-state index is 11.6. The molecule has 1 unspecified atom stereocenters. The normalized spacial score (nSPS) is 23.4. The number of imidazole rings is 1. The molecule has 0 aliphatic carbocycles. The molecule has 8 nitrogen and oxygen atoms in total. The van der Waals surface area contributed by atoms with Crippen LogP contribution in [0.1, 0.15) is 19.1 Å². The van der Waals surface area contributed by atoms with E-state index >= 15 is 0 Å². The highest BCUT2D eigenvalue weighted by Crippen LogP contribution is 2.33. The van der Waals surface area contributed by atoms with Gasteiger partial charge in [-0.2, -0.15) is 0 Å². The third kappa shape index (κ3) is 2.62. The molecule has 1 fully saturated rings. The number of aromatic amines is 1. The first-order valence-electron chi connectivity index (χ1n) is 6.00. The largest absolute Gasteiger partial charge is 0.582 e. The van der Waals surface area contributed by atoms with Gasteiger partial charge < -0.3 is 9.72 Å². The number of rotatable bonds is 4. The van der Waals surface area contributed by atoms with Crippen LogP contribution in [-0.4, -0.2) is 32.2 Å². The van der Waals surface area contributed by atoms with Crippen molar-refractivity contribution >= 4 is 30.6 Å². The minimum absolute atomic E-state index is 0.148. The molecule has 3 heterocycles. The lowest BCUT2D eigenvalue weighted by Gasteiger charge is -2.13. The molecule has 3 rings (SSSR count). The summed E-state index contributed by atoms with van der Waals surface area (Å²) in [7, 11) is -1.92. The zero-order valence-electron chi connectivity index (χ0n) is 10.3. The van der Waals surface area contributed by atoms with Gasteiger partial charge in [0.2, 0.25) is 0 Å². The Hall–Kier alpha value is -1.28. The van der Waals surface area contributed by atoms with Crippen molar-refractivity contribution in [2.75, 3.05) is 6.61 Å². The first-order chi connectivity index (χ1) is 9.65. The zero-order chi connectivity index (χ0) is 14.1. The van der Waals surface area contributed by atoms with Crippen LogP contribution in [0.5, 0.6) is 0 Å². The first kappa shape index (κ1) is 13.7. The van der Waals surface area contributed by atoms with Gasteiger partial charge in [-0.15, -0.1) is 4.52 Å². The fraction of sp³-hybridized carbons (Fsp3) is 0.500. The second-order valence-corrected chi connectivity index (χ2v) is 6.09. The molecular weight excluding hydrogens is 303 g/mol. The molecule has 0 saturated carbocycles. The summed E-state index contributed by atoms with van der Waals surface area (Å²) in [6.07, 6.45) is 4.00. The van der Waals surface area contributed by atoms with Crippen molar-refractivity contribution in [3.8, 4) is 0 Å². The van der Waals surface area contributed by atoms with E-state index in [0.29, 0.717) is 5.65 Å². The molecule has 1 N–H and O–H groups in total. The van der Waals surface area contributed by atoms with Crippen molar-refractivity contribution in [2.24, 2.45) is 0 Å². The molecule has 0 bridgehead atoms. The van der Waals surface area contributed by atoms with Crippen LogP contribution in [-0.2, 0) is 13.8 Å². The van der Waals surface area contributed by atoms with Crippen molar-refractivity contribution in [3.63, 3.8) is 0 Å². The summed E-state index contributed by atoms with van der Waals surface area (Å²) in [5.41, 5.74) is 0.494. The van der Waals surface area contributed by atoms with Gasteiger partial charge in [0.05, 0.1) is 18.8 Å². The monoisotopic (exact) mass is 315 g/mol. The molecule has 106 valence electrons. The summed E-state index contributed by atoms with van der Waals surface area (Å²) in [4.78, 5) is 22.2. The summed E-state index contributed by atoms with van der Waals surface area (Å²) in [5, 5.41) is 0. The number of fused-ring (bicyclic) bond motifs is 1. The summed E-state index contributed by atoms with van der Waals surface area (Å²) in [5.74, 6) is 0. The predicted octanol–water partition coefficient (Wildman–Crippen LogP) is 1.40. The van der Waals surface area contributed by atoms with E-state index in [1.54, 1.807) is 10.9 Å². The molecular formula is C10H12N4O4PS+. The number of H-pyrrole nitrogens is 1. The van der Waals surface area contributed by atoms with Gasteiger partial charge in [-0.3, -0.25) is 9.36 Å². The molecule has 0 spiro atoms. The fourth-order valence-corrected chi connectivity index (χ4v) is 2.73. The third-order valence-electron chi connectivity index (χ3n) is 3.13. The molecule has 10 heteroatoms. The Morgan fingerprint density at radius 1 is 1.55 bits per heavy atom. The van der Waals surface area contributed by atoms with Crippen molar-refractivity contribution in [2.45, 2.75) is 25.2 Å². The number of aromatic nitrogens is 4. The highest BCUT2D eigenvalue weighted by Gasteiger charge is 2.30. The molecule has 20 heavy (non-hydrogen) atoms. The molecule has 3 atom stereocenters. The molecule has 2 aromatic heterocycles. The minimum Gasteiger partial charge on any atom is -0.352 e. The first-order valence-corrected chi connectivity index (χ1v) is 8.33. The van der Waals surface area contributed by atoms with Crippen LogP contribution < -0.4 is 5.56 Å². The van der Waals surface area contributed by atoms with Gasteiger partial charge in [-0.25, -0.2) is 9.97 Å².